The second-order valence-electron chi connectivity index (χ2n) is 4.92. The van der Waals surface area contributed by atoms with Crippen LogP contribution in [0.15, 0.2) is 41.2 Å². The highest BCUT2D eigenvalue weighted by molar-refractivity contribution is 6.30. The quantitative estimate of drug-likeness (QED) is 0.920. The molecule has 2 aromatic rings. The van der Waals surface area contributed by atoms with E-state index >= 15 is 0 Å². The minimum absolute atomic E-state index is 0.121. The van der Waals surface area contributed by atoms with Gasteiger partial charge in [-0.3, -0.25) is 9.59 Å². The lowest BCUT2D eigenvalue weighted by Gasteiger charge is -2.17. The van der Waals surface area contributed by atoms with Gasteiger partial charge in [-0.25, -0.2) is 0 Å². The van der Waals surface area contributed by atoms with Crippen molar-refractivity contribution in [3.05, 3.63) is 63.0 Å². The molecule has 116 valence electrons. The van der Waals surface area contributed by atoms with Gasteiger partial charge >= 0.3 is 0 Å². The molecule has 22 heavy (non-hydrogen) atoms. The van der Waals surface area contributed by atoms with Gasteiger partial charge < -0.3 is 14.6 Å². The van der Waals surface area contributed by atoms with Gasteiger partial charge in [0.15, 0.2) is 0 Å². The number of ether oxygens (including phenoxy) is 1. The summed E-state index contributed by atoms with van der Waals surface area (Å²) in [6.07, 6.45) is 0. The Morgan fingerprint density at radius 3 is 2.77 bits per heavy atom. The average molecular weight is 321 g/mol. The molecular formula is C16H17ClN2O3. The normalized spacial score (nSPS) is 10.3. The summed E-state index contributed by atoms with van der Waals surface area (Å²) in [6.45, 7) is 2.43. The third kappa shape index (κ3) is 4.11. The molecule has 0 saturated carbocycles. The van der Waals surface area contributed by atoms with Crippen LogP contribution in [0.1, 0.15) is 16.1 Å². The first-order valence-corrected chi connectivity index (χ1v) is 7.19. The summed E-state index contributed by atoms with van der Waals surface area (Å²) in [5.74, 6) is 0.303. The molecule has 1 heterocycles. The summed E-state index contributed by atoms with van der Waals surface area (Å²) < 4.78 is 5.53. The number of likely N-dealkylation sites (N-methyl/N-ethyl adjacent to an activating group) is 1. The van der Waals surface area contributed by atoms with Crippen LogP contribution in [0.25, 0.3) is 0 Å². The molecule has 1 aromatic carbocycles. The highest BCUT2D eigenvalue weighted by Crippen LogP contribution is 2.16. The van der Waals surface area contributed by atoms with E-state index < -0.39 is 0 Å². The van der Waals surface area contributed by atoms with E-state index in [1.165, 1.54) is 11.0 Å². The second-order valence-corrected chi connectivity index (χ2v) is 5.35. The predicted octanol–water partition coefficient (Wildman–Crippen LogP) is 2.49. The van der Waals surface area contributed by atoms with E-state index in [-0.39, 0.29) is 17.0 Å². The molecule has 1 amide bonds. The van der Waals surface area contributed by atoms with E-state index in [2.05, 4.69) is 4.98 Å². The predicted molar refractivity (Wildman–Crippen MR) is 85.7 cm³/mol. The van der Waals surface area contributed by atoms with Gasteiger partial charge in [0.1, 0.15) is 17.9 Å². The Hall–Kier alpha value is -2.27. The lowest BCUT2D eigenvalue weighted by atomic mass is 10.2. The van der Waals surface area contributed by atoms with E-state index in [0.29, 0.717) is 29.6 Å². The van der Waals surface area contributed by atoms with E-state index in [1.54, 1.807) is 44.3 Å². The number of hydrogen-bond acceptors (Lipinski definition) is 3. The van der Waals surface area contributed by atoms with Crippen molar-refractivity contribution in [2.24, 2.45) is 0 Å². The molecule has 0 bridgehead atoms. The van der Waals surface area contributed by atoms with Crippen LogP contribution in [-0.2, 0) is 0 Å². The number of pyridine rings is 1. The summed E-state index contributed by atoms with van der Waals surface area (Å²) >= 11 is 5.86. The number of halogens is 1. The number of rotatable bonds is 5. The molecule has 0 radical (unpaired) electrons. The molecule has 0 unspecified atom stereocenters. The second kappa shape index (κ2) is 7.13. The summed E-state index contributed by atoms with van der Waals surface area (Å²) in [6, 6.07) is 10.3. The summed E-state index contributed by atoms with van der Waals surface area (Å²) in [5.41, 5.74) is 0.456. The number of H-pyrrole nitrogens is 1. The maximum atomic E-state index is 12.2. The molecule has 0 spiro atoms. The lowest BCUT2D eigenvalue weighted by molar-refractivity contribution is 0.0772. The molecule has 0 aliphatic carbocycles. The van der Waals surface area contributed by atoms with Crippen LogP contribution < -0.4 is 10.3 Å². The molecule has 6 heteroatoms. The number of benzene rings is 1. The summed E-state index contributed by atoms with van der Waals surface area (Å²) in [4.78, 5) is 28.0. The van der Waals surface area contributed by atoms with Crippen molar-refractivity contribution in [2.75, 3.05) is 20.2 Å². The van der Waals surface area contributed by atoms with Crippen LogP contribution >= 0.6 is 11.6 Å². The Labute approximate surface area is 133 Å². The molecule has 0 atom stereocenters. The number of nitrogens with zero attached hydrogens (tertiary/aromatic N) is 1. The standard InChI is InChI=1S/C16H17ClN2O3/c1-11-6-7-14(15(20)18-11)16(21)19(2)8-9-22-13-5-3-4-12(17)10-13/h3-7,10H,8-9H2,1-2H3,(H,18,20). The molecule has 1 aromatic heterocycles. The fourth-order valence-electron chi connectivity index (χ4n) is 1.90. The molecule has 0 saturated heterocycles. The fraction of sp³-hybridized carbons (Fsp3) is 0.250. The first-order chi connectivity index (χ1) is 10.5. The van der Waals surface area contributed by atoms with Crippen molar-refractivity contribution in [3.8, 4) is 5.75 Å². The SMILES string of the molecule is Cc1ccc(C(=O)N(C)CCOc2cccc(Cl)c2)c(=O)[nH]1. The van der Waals surface area contributed by atoms with E-state index in [1.807, 2.05) is 0 Å². The van der Waals surface area contributed by atoms with Crippen LogP contribution in [0.2, 0.25) is 5.02 Å². The van der Waals surface area contributed by atoms with E-state index in [0.717, 1.165) is 0 Å². The van der Waals surface area contributed by atoms with Gasteiger partial charge in [-0.1, -0.05) is 17.7 Å². The van der Waals surface area contributed by atoms with E-state index in [4.69, 9.17) is 16.3 Å². The largest absolute Gasteiger partial charge is 0.492 e. The van der Waals surface area contributed by atoms with Crippen molar-refractivity contribution < 1.29 is 9.53 Å². The summed E-state index contributed by atoms with van der Waals surface area (Å²) in [5, 5.41) is 0.591. The molecule has 2 rings (SSSR count). The monoisotopic (exact) mass is 320 g/mol. The maximum absolute atomic E-state index is 12.2. The zero-order valence-corrected chi connectivity index (χ0v) is 13.2. The van der Waals surface area contributed by atoms with Crippen LogP contribution in [0.4, 0.5) is 0 Å². The smallest absolute Gasteiger partial charge is 0.260 e. The molecule has 5 nitrogen and oxygen atoms in total. The highest BCUT2D eigenvalue weighted by Gasteiger charge is 2.15. The number of carbonyl (C=O) groups excluding carboxylic acids is 1. The van der Waals surface area contributed by atoms with Crippen molar-refractivity contribution in [2.45, 2.75) is 6.92 Å². The number of aromatic amines is 1. The van der Waals surface area contributed by atoms with Gasteiger partial charge in [-0.05, 0) is 37.3 Å². The number of hydrogen-bond donors (Lipinski definition) is 1. The third-order valence-electron chi connectivity index (χ3n) is 3.12. The van der Waals surface area contributed by atoms with Crippen molar-refractivity contribution in [1.82, 2.24) is 9.88 Å². The highest BCUT2D eigenvalue weighted by atomic mass is 35.5. The maximum Gasteiger partial charge on any atom is 0.260 e. The minimum Gasteiger partial charge on any atom is -0.492 e. The van der Waals surface area contributed by atoms with Gasteiger partial charge in [0.05, 0.1) is 6.54 Å². The Morgan fingerprint density at radius 2 is 2.09 bits per heavy atom. The molecule has 1 N–H and O–H groups in total. The minimum atomic E-state index is -0.382. The van der Waals surface area contributed by atoms with Crippen LogP contribution in [0.3, 0.4) is 0 Å². The van der Waals surface area contributed by atoms with Crippen LogP contribution in [0.5, 0.6) is 5.75 Å². The Balaban J connectivity index is 1.93. The molecule has 0 fully saturated rings. The van der Waals surface area contributed by atoms with Crippen molar-refractivity contribution >= 4 is 17.5 Å². The molecular weight excluding hydrogens is 304 g/mol. The Morgan fingerprint density at radius 1 is 1.32 bits per heavy atom. The fourth-order valence-corrected chi connectivity index (χ4v) is 2.09. The number of aryl methyl sites for hydroxylation is 1. The van der Waals surface area contributed by atoms with Gasteiger partial charge in [0.25, 0.3) is 11.5 Å². The molecule has 0 aliphatic rings. The first-order valence-electron chi connectivity index (χ1n) is 6.81. The topological polar surface area (TPSA) is 62.4 Å². The third-order valence-corrected chi connectivity index (χ3v) is 3.36. The van der Waals surface area contributed by atoms with Gasteiger partial charge in [-0.2, -0.15) is 0 Å². The zero-order valence-electron chi connectivity index (χ0n) is 12.4. The summed E-state index contributed by atoms with van der Waals surface area (Å²) in [7, 11) is 1.63. The van der Waals surface area contributed by atoms with Crippen molar-refractivity contribution in [1.29, 1.82) is 0 Å². The van der Waals surface area contributed by atoms with Gasteiger partial charge in [0.2, 0.25) is 0 Å². The molecule has 0 aliphatic heterocycles. The lowest BCUT2D eigenvalue weighted by Crippen LogP contribution is -2.34. The van der Waals surface area contributed by atoms with E-state index in [9.17, 15) is 9.59 Å². The van der Waals surface area contributed by atoms with Crippen LogP contribution in [0, 0.1) is 6.92 Å². The Kier molecular flexibility index (Phi) is 5.22. The zero-order chi connectivity index (χ0) is 16.1. The number of carbonyl (C=O) groups is 1. The average Bonchev–Trinajstić information content (AvgIpc) is 2.46. The first kappa shape index (κ1) is 16.1. The number of amides is 1. The Bertz CT molecular complexity index is 727. The van der Waals surface area contributed by atoms with Crippen molar-refractivity contribution in [3.63, 3.8) is 0 Å². The van der Waals surface area contributed by atoms with Gasteiger partial charge in [0, 0.05) is 17.8 Å². The van der Waals surface area contributed by atoms with Crippen LogP contribution in [-0.4, -0.2) is 36.0 Å². The number of nitrogens with one attached hydrogen (secondary N) is 1. The van der Waals surface area contributed by atoms with Gasteiger partial charge in [-0.15, -0.1) is 0 Å². The number of aromatic nitrogens is 1.